The Kier molecular flexibility index (Phi) is 6.87. The number of benzene rings is 4. The molecular formula is C33H24N4O2Pt. The van der Waals surface area contributed by atoms with Crippen molar-refractivity contribution < 1.29 is 30.2 Å². The number of fused-ring (bicyclic) bond motifs is 3. The number of hydrogen-bond donors (Lipinski definition) is 0. The Balaban J connectivity index is 0.00000289. The molecule has 198 valence electrons. The fraction of sp³-hybridized carbons (Fsp3) is 0.0909. The van der Waals surface area contributed by atoms with Crippen molar-refractivity contribution in [2.75, 3.05) is 0 Å². The van der Waals surface area contributed by atoms with Crippen LogP contribution in [0, 0.1) is 12.1 Å². The van der Waals surface area contributed by atoms with Crippen LogP contribution >= 0.6 is 0 Å². The Bertz CT molecular complexity index is 1930. The summed E-state index contributed by atoms with van der Waals surface area (Å²) in [7, 11) is 0. The Labute approximate surface area is 246 Å². The third-order valence-corrected chi connectivity index (χ3v) is 6.74. The van der Waals surface area contributed by atoms with Crippen molar-refractivity contribution in [2.45, 2.75) is 19.8 Å². The third-order valence-electron chi connectivity index (χ3n) is 6.74. The van der Waals surface area contributed by atoms with Crippen molar-refractivity contribution in [1.29, 1.82) is 0 Å². The molecule has 7 aromatic rings. The molecule has 0 atom stereocenters. The van der Waals surface area contributed by atoms with E-state index >= 15 is 0 Å². The molecule has 3 heterocycles. The van der Waals surface area contributed by atoms with Gasteiger partial charge in [-0.15, -0.1) is 35.7 Å². The van der Waals surface area contributed by atoms with Crippen LogP contribution in [0.3, 0.4) is 0 Å². The van der Waals surface area contributed by atoms with Crippen LogP contribution < -0.4 is 4.74 Å². The second kappa shape index (κ2) is 10.6. The summed E-state index contributed by atoms with van der Waals surface area (Å²) in [5.41, 5.74) is 4.77. The molecule has 0 aliphatic heterocycles. The van der Waals surface area contributed by atoms with E-state index in [2.05, 4.69) is 66.4 Å². The summed E-state index contributed by atoms with van der Waals surface area (Å²) in [6, 6.07) is 35.4. The number of aromatic nitrogens is 4. The number of ether oxygens (including phenoxy) is 1. The van der Waals surface area contributed by atoms with Crippen LogP contribution in [0.4, 0.5) is 0 Å². The van der Waals surface area contributed by atoms with Crippen molar-refractivity contribution in [3.05, 3.63) is 121 Å². The number of rotatable bonds is 6. The summed E-state index contributed by atoms with van der Waals surface area (Å²) in [6.45, 7) is 4.18. The zero-order chi connectivity index (χ0) is 26.3. The molecule has 0 spiro atoms. The van der Waals surface area contributed by atoms with Gasteiger partial charge < -0.3 is 9.15 Å². The minimum absolute atomic E-state index is 0. The molecule has 0 unspecified atom stereocenters. The minimum atomic E-state index is 0. The van der Waals surface area contributed by atoms with Crippen LogP contribution in [-0.2, 0) is 21.1 Å². The maximum absolute atomic E-state index is 6.25. The molecule has 0 amide bonds. The van der Waals surface area contributed by atoms with Gasteiger partial charge in [0.2, 0.25) is 0 Å². The smallest absolute Gasteiger partial charge is 0.509 e. The SMILES string of the molecule is CC(C)c1cnc(-n2c3[c-]c(Oc4[c-]c(-n5cc(-c6ccccc6)cn5)ccc4)ccc3c3ccccc32)o1.[Pt+2]. The Morgan fingerprint density at radius 1 is 0.775 bits per heavy atom. The molecule has 0 saturated carbocycles. The van der Waals surface area contributed by atoms with Gasteiger partial charge >= 0.3 is 27.1 Å². The quantitative estimate of drug-likeness (QED) is 0.164. The average molecular weight is 704 g/mol. The van der Waals surface area contributed by atoms with Crippen molar-refractivity contribution in [1.82, 2.24) is 19.3 Å². The average Bonchev–Trinajstić information content (AvgIpc) is 3.71. The molecule has 0 bridgehead atoms. The van der Waals surface area contributed by atoms with E-state index in [-0.39, 0.29) is 27.0 Å². The summed E-state index contributed by atoms with van der Waals surface area (Å²) in [4.78, 5) is 4.58. The van der Waals surface area contributed by atoms with Crippen LogP contribution in [-0.4, -0.2) is 19.3 Å². The second-order valence-corrected chi connectivity index (χ2v) is 9.68. The van der Waals surface area contributed by atoms with Crippen LogP contribution in [0.25, 0.3) is 44.6 Å². The predicted molar refractivity (Wildman–Crippen MR) is 152 cm³/mol. The first-order chi connectivity index (χ1) is 19.1. The topological polar surface area (TPSA) is 58.0 Å². The van der Waals surface area contributed by atoms with Crippen LogP contribution in [0.15, 0.2) is 108 Å². The van der Waals surface area contributed by atoms with E-state index in [4.69, 9.17) is 9.15 Å². The van der Waals surface area contributed by atoms with Crippen molar-refractivity contribution in [3.63, 3.8) is 0 Å². The van der Waals surface area contributed by atoms with Gasteiger partial charge in [0.05, 0.1) is 12.4 Å². The van der Waals surface area contributed by atoms with Gasteiger partial charge in [0.25, 0.3) is 0 Å². The molecule has 4 aromatic carbocycles. The van der Waals surface area contributed by atoms with Gasteiger partial charge in [-0.25, -0.2) is 4.98 Å². The van der Waals surface area contributed by atoms with Crippen molar-refractivity contribution in [3.8, 4) is 34.3 Å². The van der Waals surface area contributed by atoms with Gasteiger partial charge in [-0.2, -0.15) is 17.2 Å². The van der Waals surface area contributed by atoms with E-state index in [9.17, 15) is 0 Å². The zero-order valence-electron chi connectivity index (χ0n) is 21.8. The molecule has 0 radical (unpaired) electrons. The van der Waals surface area contributed by atoms with Gasteiger partial charge in [0.15, 0.2) is 0 Å². The van der Waals surface area contributed by atoms with Crippen LogP contribution in [0.5, 0.6) is 11.5 Å². The molecule has 0 aliphatic carbocycles. The first-order valence-electron chi connectivity index (χ1n) is 12.9. The first kappa shape index (κ1) is 25.8. The number of nitrogens with zero attached hydrogens (tertiary/aromatic N) is 4. The Morgan fingerprint density at radius 3 is 2.40 bits per heavy atom. The molecule has 7 rings (SSSR count). The number of hydrogen-bond acceptors (Lipinski definition) is 4. The fourth-order valence-electron chi connectivity index (χ4n) is 4.76. The molecule has 0 N–H and O–H groups in total. The molecule has 7 heteroatoms. The number of para-hydroxylation sites is 1. The number of oxazole rings is 1. The molecule has 0 aliphatic rings. The predicted octanol–water partition coefficient (Wildman–Crippen LogP) is 8.14. The van der Waals surface area contributed by atoms with Gasteiger partial charge in [0.1, 0.15) is 5.76 Å². The minimum Gasteiger partial charge on any atom is -0.509 e. The van der Waals surface area contributed by atoms with Crippen molar-refractivity contribution in [2.24, 2.45) is 0 Å². The molecule has 6 nitrogen and oxygen atoms in total. The second-order valence-electron chi connectivity index (χ2n) is 9.68. The maximum atomic E-state index is 6.25. The summed E-state index contributed by atoms with van der Waals surface area (Å²) in [6.07, 6.45) is 5.63. The van der Waals surface area contributed by atoms with Gasteiger partial charge in [-0.1, -0.05) is 67.9 Å². The zero-order valence-corrected chi connectivity index (χ0v) is 24.1. The molecule has 3 aromatic heterocycles. The molecule has 0 saturated heterocycles. The Morgan fingerprint density at radius 2 is 1.57 bits per heavy atom. The maximum Gasteiger partial charge on any atom is 2.00 e. The fourth-order valence-corrected chi connectivity index (χ4v) is 4.76. The summed E-state index contributed by atoms with van der Waals surface area (Å²) >= 11 is 0. The van der Waals surface area contributed by atoms with E-state index in [1.54, 1.807) is 10.9 Å². The van der Waals surface area contributed by atoms with E-state index in [0.717, 1.165) is 44.4 Å². The van der Waals surface area contributed by atoms with Crippen LogP contribution in [0.1, 0.15) is 25.5 Å². The summed E-state index contributed by atoms with van der Waals surface area (Å²) < 4.78 is 16.2. The molecule has 40 heavy (non-hydrogen) atoms. The standard InChI is InChI=1S/C33H24N4O2.Pt/c1-22(2)32-20-34-33(39-32)37-30-14-7-6-13-28(30)29-16-15-27(18-31(29)37)38-26-12-8-11-25(17-26)36-21-24(19-35-36)23-9-4-3-5-10-23;/h3-16,19-22H,1-2H3;/q-2;+2. The monoisotopic (exact) mass is 703 g/mol. The largest absolute Gasteiger partial charge is 2.00 e. The Hall–Kier alpha value is -4.41. The van der Waals surface area contributed by atoms with Gasteiger partial charge in [-0.05, 0) is 22.7 Å². The van der Waals surface area contributed by atoms with E-state index < -0.39 is 0 Å². The van der Waals surface area contributed by atoms with E-state index in [0.29, 0.717) is 17.5 Å². The normalized spacial score (nSPS) is 11.3. The summed E-state index contributed by atoms with van der Waals surface area (Å²) in [5.74, 6) is 2.22. The first-order valence-corrected chi connectivity index (χ1v) is 12.9. The van der Waals surface area contributed by atoms with E-state index in [1.165, 1.54) is 0 Å². The molecule has 0 fully saturated rings. The van der Waals surface area contributed by atoms with Crippen molar-refractivity contribution >= 4 is 21.8 Å². The third kappa shape index (κ3) is 4.65. The van der Waals surface area contributed by atoms with E-state index in [1.807, 2.05) is 71.6 Å². The summed E-state index contributed by atoms with van der Waals surface area (Å²) in [5, 5.41) is 6.68. The molecular weight excluding hydrogens is 679 g/mol. The van der Waals surface area contributed by atoms with Crippen LogP contribution in [0.2, 0.25) is 0 Å². The van der Waals surface area contributed by atoms with Gasteiger partial charge in [-0.3, -0.25) is 9.25 Å². The van der Waals surface area contributed by atoms with Gasteiger partial charge in [0, 0.05) is 34.7 Å².